The number of alkyl halides is 1. The number of aryl methyl sites for hydroxylation is 1. The van der Waals surface area contributed by atoms with Crippen LogP contribution in [0, 0.1) is 0 Å². The van der Waals surface area contributed by atoms with Crippen molar-refractivity contribution in [3.05, 3.63) is 29.0 Å². The lowest BCUT2D eigenvalue weighted by atomic mass is 10.3. The zero-order valence-corrected chi connectivity index (χ0v) is 10.2. The summed E-state index contributed by atoms with van der Waals surface area (Å²) in [6.07, 6.45) is 0. The smallest absolute Gasteiger partial charge is 0.127 e. The van der Waals surface area contributed by atoms with E-state index in [4.69, 9.17) is 23.2 Å². The lowest BCUT2D eigenvalue weighted by Crippen LogP contribution is -2.01. The Labute approximate surface area is 98.8 Å². The molecule has 0 bridgehead atoms. The first-order valence-corrected chi connectivity index (χ1v) is 5.75. The second-order valence-electron chi connectivity index (χ2n) is 3.44. The third kappa shape index (κ3) is 1.72. The first kappa shape index (κ1) is 10.8. The number of halogens is 2. The Balaban J connectivity index is 2.78. The third-order valence-corrected chi connectivity index (χ3v) is 2.93. The average Bonchev–Trinajstić information content (AvgIpc) is 2.57. The van der Waals surface area contributed by atoms with Gasteiger partial charge in [0.15, 0.2) is 0 Å². The summed E-state index contributed by atoms with van der Waals surface area (Å²) in [4.78, 5) is 4.48. The molecule has 0 spiro atoms. The molecule has 1 aromatic carbocycles. The Hall–Kier alpha value is -0.730. The highest BCUT2D eigenvalue weighted by Gasteiger charge is 2.14. The summed E-state index contributed by atoms with van der Waals surface area (Å²) < 4.78 is 2.10. The molecule has 2 rings (SSSR count). The van der Waals surface area contributed by atoms with E-state index >= 15 is 0 Å². The maximum atomic E-state index is 6.09. The molecule has 80 valence electrons. The van der Waals surface area contributed by atoms with Gasteiger partial charge in [-0.3, -0.25) is 0 Å². The van der Waals surface area contributed by atoms with Gasteiger partial charge in [0.2, 0.25) is 0 Å². The van der Waals surface area contributed by atoms with Crippen LogP contribution in [0.15, 0.2) is 18.2 Å². The predicted octanol–water partition coefficient (Wildman–Crippen LogP) is 4.01. The molecular formula is C11H12Cl2N2. The number of imidazole rings is 1. The number of fused-ring (bicyclic) bond motifs is 1. The lowest BCUT2D eigenvalue weighted by molar-refractivity contribution is 0.717. The van der Waals surface area contributed by atoms with Crippen LogP contribution in [0.5, 0.6) is 0 Å². The standard InChI is InChI=1S/C11H12Cl2N2/c1-3-15-9-6-4-5-8(13)10(9)14-11(15)7(2)12/h4-7H,3H2,1-2H3. The molecule has 2 aromatic rings. The first-order chi connectivity index (χ1) is 7.15. The van der Waals surface area contributed by atoms with E-state index in [-0.39, 0.29) is 5.38 Å². The molecule has 1 atom stereocenters. The second-order valence-corrected chi connectivity index (χ2v) is 4.50. The van der Waals surface area contributed by atoms with Gasteiger partial charge >= 0.3 is 0 Å². The molecule has 2 nitrogen and oxygen atoms in total. The van der Waals surface area contributed by atoms with Crippen molar-refractivity contribution in [3.63, 3.8) is 0 Å². The van der Waals surface area contributed by atoms with Crippen molar-refractivity contribution in [3.8, 4) is 0 Å². The van der Waals surface area contributed by atoms with Gasteiger partial charge in [0.25, 0.3) is 0 Å². The zero-order chi connectivity index (χ0) is 11.0. The van der Waals surface area contributed by atoms with E-state index in [9.17, 15) is 0 Å². The van der Waals surface area contributed by atoms with Gasteiger partial charge in [0, 0.05) is 6.54 Å². The van der Waals surface area contributed by atoms with Crippen molar-refractivity contribution in [1.29, 1.82) is 0 Å². The molecule has 15 heavy (non-hydrogen) atoms. The van der Waals surface area contributed by atoms with Gasteiger partial charge in [-0.05, 0) is 26.0 Å². The van der Waals surface area contributed by atoms with Gasteiger partial charge < -0.3 is 4.57 Å². The van der Waals surface area contributed by atoms with Gasteiger partial charge in [-0.15, -0.1) is 11.6 Å². The van der Waals surface area contributed by atoms with Crippen molar-refractivity contribution in [1.82, 2.24) is 9.55 Å². The number of rotatable bonds is 2. The maximum Gasteiger partial charge on any atom is 0.127 e. The van der Waals surface area contributed by atoms with Crippen molar-refractivity contribution in [2.45, 2.75) is 25.8 Å². The molecule has 0 N–H and O–H groups in total. The number of hydrogen-bond donors (Lipinski definition) is 0. The first-order valence-electron chi connectivity index (χ1n) is 4.94. The van der Waals surface area contributed by atoms with E-state index in [0.717, 1.165) is 23.4 Å². The quantitative estimate of drug-likeness (QED) is 0.728. The zero-order valence-electron chi connectivity index (χ0n) is 8.67. The van der Waals surface area contributed by atoms with Crippen LogP contribution in [0.25, 0.3) is 11.0 Å². The van der Waals surface area contributed by atoms with Crippen LogP contribution >= 0.6 is 23.2 Å². The van der Waals surface area contributed by atoms with Gasteiger partial charge in [-0.1, -0.05) is 17.7 Å². The molecule has 0 amide bonds. The number of benzene rings is 1. The summed E-state index contributed by atoms with van der Waals surface area (Å²) in [6, 6.07) is 5.79. The van der Waals surface area contributed by atoms with Gasteiger partial charge in [-0.2, -0.15) is 0 Å². The Kier molecular flexibility index (Phi) is 2.89. The van der Waals surface area contributed by atoms with Crippen LogP contribution in [-0.2, 0) is 6.54 Å². The summed E-state index contributed by atoms with van der Waals surface area (Å²) in [7, 11) is 0. The summed E-state index contributed by atoms with van der Waals surface area (Å²) in [5.41, 5.74) is 1.89. The maximum absolute atomic E-state index is 6.09. The molecule has 0 radical (unpaired) electrons. The van der Waals surface area contributed by atoms with Gasteiger partial charge in [0.05, 0.1) is 15.9 Å². The topological polar surface area (TPSA) is 17.8 Å². The molecule has 0 saturated carbocycles. The van der Waals surface area contributed by atoms with E-state index in [1.165, 1.54) is 0 Å². The summed E-state index contributed by atoms with van der Waals surface area (Å²) in [5.74, 6) is 0.877. The minimum Gasteiger partial charge on any atom is -0.327 e. The van der Waals surface area contributed by atoms with Crippen LogP contribution in [0.4, 0.5) is 0 Å². The van der Waals surface area contributed by atoms with Crippen LogP contribution in [0.1, 0.15) is 25.0 Å². The highest BCUT2D eigenvalue weighted by atomic mass is 35.5. The molecule has 0 aliphatic carbocycles. The summed E-state index contributed by atoms with van der Waals surface area (Å²) in [6.45, 7) is 4.84. The Morgan fingerprint density at radius 3 is 2.80 bits per heavy atom. The van der Waals surface area contributed by atoms with E-state index < -0.39 is 0 Å². The second kappa shape index (κ2) is 4.03. The fourth-order valence-electron chi connectivity index (χ4n) is 1.77. The van der Waals surface area contributed by atoms with Crippen LogP contribution in [-0.4, -0.2) is 9.55 Å². The normalized spacial score (nSPS) is 13.3. The molecule has 4 heteroatoms. The average molecular weight is 243 g/mol. The van der Waals surface area contributed by atoms with Crippen LogP contribution in [0.3, 0.4) is 0 Å². The fourth-order valence-corrected chi connectivity index (χ4v) is 2.15. The monoisotopic (exact) mass is 242 g/mol. The van der Waals surface area contributed by atoms with Crippen LogP contribution in [0.2, 0.25) is 5.02 Å². The van der Waals surface area contributed by atoms with Crippen molar-refractivity contribution in [2.75, 3.05) is 0 Å². The molecule has 0 aliphatic rings. The number of nitrogens with zero attached hydrogens (tertiary/aromatic N) is 2. The molecule has 1 heterocycles. The van der Waals surface area contributed by atoms with Crippen LogP contribution < -0.4 is 0 Å². The molecular weight excluding hydrogens is 231 g/mol. The lowest BCUT2D eigenvalue weighted by Gasteiger charge is -2.06. The highest BCUT2D eigenvalue weighted by molar-refractivity contribution is 6.35. The molecule has 0 fully saturated rings. The van der Waals surface area contributed by atoms with Crippen molar-refractivity contribution < 1.29 is 0 Å². The predicted molar refractivity (Wildman–Crippen MR) is 64.7 cm³/mol. The fraction of sp³-hybridized carbons (Fsp3) is 0.364. The summed E-state index contributed by atoms with van der Waals surface area (Å²) in [5, 5.41) is 0.576. The van der Waals surface area contributed by atoms with E-state index in [1.54, 1.807) is 0 Å². The van der Waals surface area contributed by atoms with Gasteiger partial charge in [0.1, 0.15) is 11.3 Å². The largest absolute Gasteiger partial charge is 0.327 e. The number of aromatic nitrogens is 2. The van der Waals surface area contributed by atoms with Gasteiger partial charge in [-0.25, -0.2) is 4.98 Å². The Morgan fingerprint density at radius 2 is 2.20 bits per heavy atom. The number of hydrogen-bond acceptors (Lipinski definition) is 1. The third-order valence-electron chi connectivity index (χ3n) is 2.43. The minimum atomic E-state index is -0.103. The molecule has 0 aliphatic heterocycles. The molecule has 1 aromatic heterocycles. The highest BCUT2D eigenvalue weighted by Crippen LogP contribution is 2.28. The van der Waals surface area contributed by atoms with E-state index in [2.05, 4.69) is 16.5 Å². The van der Waals surface area contributed by atoms with Crippen molar-refractivity contribution in [2.24, 2.45) is 0 Å². The SMILES string of the molecule is CCn1c(C(C)Cl)nc2c(Cl)cccc21. The van der Waals surface area contributed by atoms with E-state index in [0.29, 0.717) is 5.02 Å². The van der Waals surface area contributed by atoms with Crippen molar-refractivity contribution >= 4 is 34.2 Å². The number of para-hydroxylation sites is 1. The molecule has 1 unspecified atom stereocenters. The minimum absolute atomic E-state index is 0.103. The Bertz CT molecular complexity index is 489. The summed E-state index contributed by atoms with van der Waals surface area (Å²) >= 11 is 12.2. The Morgan fingerprint density at radius 1 is 1.47 bits per heavy atom. The molecule has 0 saturated heterocycles. The van der Waals surface area contributed by atoms with E-state index in [1.807, 2.05) is 25.1 Å².